The van der Waals surface area contributed by atoms with Crippen molar-refractivity contribution in [1.29, 1.82) is 0 Å². The van der Waals surface area contributed by atoms with E-state index in [4.69, 9.17) is 27.8 Å². The standard InChI is InChI=1S/C8H4Cl2N2O3S.ClH/c9-7-5-2-1-4(16(13,14)15)3-6(5)11-8(10)12-7;/h1-3H,(H,13,14,15);1H. The molecule has 0 fully saturated rings. The van der Waals surface area contributed by atoms with Crippen LogP contribution in [0.15, 0.2) is 23.1 Å². The Morgan fingerprint density at radius 2 is 1.82 bits per heavy atom. The molecule has 0 unspecified atom stereocenters. The third-order valence-corrected chi connectivity index (χ3v) is 3.20. The zero-order valence-electron chi connectivity index (χ0n) is 7.96. The highest BCUT2D eigenvalue weighted by atomic mass is 35.5. The van der Waals surface area contributed by atoms with Gasteiger partial charge in [-0.1, -0.05) is 11.6 Å². The lowest BCUT2D eigenvalue weighted by atomic mass is 10.2. The SMILES string of the molecule is Cl.O=S(=O)(O)c1ccc2c(Cl)nc(Cl)nc2c1. The Kier molecular flexibility index (Phi) is 4.16. The molecular formula is C8H5Cl3N2O3S. The summed E-state index contributed by atoms with van der Waals surface area (Å²) >= 11 is 11.4. The predicted octanol–water partition coefficient (Wildman–Crippen LogP) is 2.61. The summed E-state index contributed by atoms with van der Waals surface area (Å²) in [7, 11) is -4.27. The summed E-state index contributed by atoms with van der Waals surface area (Å²) in [6, 6.07) is 3.78. The smallest absolute Gasteiger partial charge is 0.282 e. The Bertz CT molecular complexity index is 675. The molecule has 0 amide bonds. The number of hydrogen-bond donors (Lipinski definition) is 1. The second kappa shape index (κ2) is 4.91. The lowest BCUT2D eigenvalue weighted by molar-refractivity contribution is 0.483. The molecule has 0 spiro atoms. The molecule has 0 atom stereocenters. The van der Waals surface area contributed by atoms with Crippen LogP contribution in [0.2, 0.25) is 10.4 Å². The number of halogens is 3. The van der Waals surface area contributed by atoms with Gasteiger partial charge >= 0.3 is 0 Å². The third-order valence-electron chi connectivity index (χ3n) is 1.89. The van der Waals surface area contributed by atoms with Gasteiger partial charge in [0.25, 0.3) is 10.1 Å². The molecule has 0 aliphatic carbocycles. The first-order valence-electron chi connectivity index (χ1n) is 3.98. The second-order valence-electron chi connectivity index (χ2n) is 2.94. The molecule has 0 saturated carbocycles. The van der Waals surface area contributed by atoms with E-state index in [1.807, 2.05) is 0 Å². The molecule has 1 aromatic heterocycles. The van der Waals surface area contributed by atoms with Gasteiger partial charge in [0.15, 0.2) is 0 Å². The number of nitrogens with zero attached hydrogens (tertiary/aromatic N) is 2. The molecule has 17 heavy (non-hydrogen) atoms. The molecule has 1 heterocycles. The largest absolute Gasteiger partial charge is 0.294 e. The second-order valence-corrected chi connectivity index (χ2v) is 5.06. The van der Waals surface area contributed by atoms with Crippen molar-refractivity contribution in [2.45, 2.75) is 4.90 Å². The van der Waals surface area contributed by atoms with Crippen molar-refractivity contribution < 1.29 is 13.0 Å². The molecule has 92 valence electrons. The van der Waals surface area contributed by atoms with Gasteiger partial charge in [-0.3, -0.25) is 4.55 Å². The average Bonchev–Trinajstić information content (AvgIpc) is 2.15. The van der Waals surface area contributed by atoms with Crippen LogP contribution < -0.4 is 0 Å². The quantitative estimate of drug-likeness (QED) is 0.497. The first-order chi connectivity index (χ1) is 7.38. The fourth-order valence-corrected chi connectivity index (χ4v) is 2.16. The van der Waals surface area contributed by atoms with Gasteiger partial charge < -0.3 is 0 Å². The Balaban J connectivity index is 0.00000144. The van der Waals surface area contributed by atoms with Gasteiger partial charge in [0.05, 0.1) is 10.4 Å². The summed E-state index contributed by atoms with van der Waals surface area (Å²) < 4.78 is 30.6. The van der Waals surface area contributed by atoms with Gasteiger partial charge in [-0.25, -0.2) is 9.97 Å². The van der Waals surface area contributed by atoms with Crippen molar-refractivity contribution >= 4 is 56.6 Å². The normalized spacial score (nSPS) is 11.2. The lowest BCUT2D eigenvalue weighted by Crippen LogP contribution is -1.98. The monoisotopic (exact) mass is 314 g/mol. The molecule has 0 bridgehead atoms. The van der Waals surface area contributed by atoms with E-state index >= 15 is 0 Å². The van der Waals surface area contributed by atoms with Crippen molar-refractivity contribution in [3.63, 3.8) is 0 Å². The summed E-state index contributed by atoms with van der Waals surface area (Å²) in [5.41, 5.74) is 0.250. The van der Waals surface area contributed by atoms with Crippen molar-refractivity contribution in [3.8, 4) is 0 Å². The molecule has 1 aromatic carbocycles. The summed E-state index contributed by atoms with van der Waals surface area (Å²) in [5, 5.41) is 0.486. The zero-order valence-corrected chi connectivity index (χ0v) is 11.1. The van der Waals surface area contributed by atoms with E-state index in [9.17, 15) is 8.42 Å². The number of rotatable bonds is 1. The Morgan fingerprint density at radius 1 is 1.18 bits per heavy atom. The van der Waals surface area contributed by atoms with Crippen LogP contribution >= 0.6 is 35.6 Å². The number of benzene rings is 1. The molecule has 2 rings (SSSR count). The molecule has 0 saturated heterocycles. The first kappa shape index (κ1) is 14.4. The highest BCUT2D eigenvalue weighted by molar-refractivity contribution is 7.85. The Morgan fingerprint density at radius 3 is 2.41 bits per heavy atom. The van der Waals surface area contributed by atoms with E-state index in [0.717, 1.165) is 0 Å². The minimum absolute atomic E-state index is 0. The van der Waals surface area contributed by atoms with Crippen LogP contribution in [0.25, 0.3) is 10.9 Å². The summed E-state index contributed by atoms with van der Waals surface area (Å²) in [5.74, 6) is 0. The van der Waals surface area contributed by atoms with Crippen LogP contribution in [0.4, 0.5) is 0 Å². The molecule has 2 aromatic rings. The summed E-state index contributed by atoms with van der Waals surface area (Å²) in [6.45, 7) is 0. The topological polar surface area (TPSA) is 80.2 Å². The van der Waals surface area contributed by atoms with Gasteiger partial charge in [0, 0.05) is 5.39 Å². The summed E-state index contributed by atoms with van der Waals surface area (Å²) in [4.78, 5) is 7.23. The van der Waals surface area contributed by atoms with Crippen molar-refractivity contribution in [2.75, 3.05) is 0 Å². The van der Waals surface area contributed by atoms with E-state index < -0.39 is 10.1 Å². The molecule has 0 aliphatic heterocycles. The van der Waals surface area contributed by atoms with E-state index in [-0.39, 0.29) is 33.3 Å². The van der Waals surface area contributed by atoms with Gasteiger partial charge in [0.1, 0.15) is 5.15 Å². The average molecular weight is 316 g/mol. The van der Waals surface area contributed by atoms with Crippen molar-refractivity contribution in [2.24, 2.45) is 0 Å². The van der Waals surface area contributed by atoms with Gasteiger partial charge in [0.2, 0.25) is 5.28 Å². The van der Waals surface area contributed by atoms with Crippen LogP contribution in [-0.2, 0) is 10.1 Å². The van der Waals surface area contributed by atoms with Crippen LogP contribution in [0.3, 0.4) is 0 Å². The number of hydrogen-bond acceptors (Lipinski definition) is 4. The Labute approximate surface area is 113 Å². The first-order valence-corrected chi connectivity index (χ1v) is 6.18. The van der Waals surface area contributed by atoms with Crippen LogP contribution in [-0.4, -0.2) is 22.9 Å². The highest BCUT2D eigenvalue weighted by Crippen LogP contribution is 2.24. The fraction of sp³-hybridized carbons (Fsp3) is 0. The molecule has 0 radical (unpaired) electrons. The lowest BCUT2D eigenvalue weighted by Gasteiger charge is -2.02. The Hall–Kier alpha value is -0.660. The molecule has 1 N–H and O–H groups in total. The predicted molar refractivity (Wildman–Crippen MR) is 66.6 cm³/mol. The van der Waals surface area contributed by atoms with Crippen molar-refractivity contribution in [1.82, 2.24) is 9.97 Å². The molecule has 0 aliphatic rings. The maximum Gasteiger partial charge on any atom is 0.294 e. The van der Waals surface area contributed by atoms with Crippen molar-refractivity contribution in [3.05, 3.63) is 28.6 Å². The highest BCUT2D eigenvalue weighted by Gasteiger charge is 2.12. The van der Waals surface area contributed by atoms with E-state index in [1.54, 1.807) is 0 Å². The number of aromatic nitrogens is 2. The van der Waals surface area contributed by atoms with E-state index in [0.29, 0.717) is 5.39 Å². The van der Waals surface area contributed by atoms with E-state index in [2.05, 4.69) is 9.97 Å². The van der Waals surface area contributed by atoms with Gasteiger partial charge in [-0.2, -0.15) is 8.42 Å². The third kappa shape index (κ3) is 2.97. The molecule has 5 nitrogen and oxygen atoms in total. The number of fused-ring (bicyclic) bond motifs is 1. The fourth-order valence-electron chi connectivity index (χ4n) is 1.20. The maximum absolute atomic E-state index is 10.9. The maximum atomic E-state index is 10.9. The molecular weight excluding hydrogens is 311 g/mol. The van der Waals surface area contributed by atoms with Crippen LogP contribution in [0, 0.1) is 0 Å². The summed E-state index contributed by atoms with van der Waals surface area (Å²) in [6.07, 6.45) is 0. The molecule has 9 heteroatoms. The van der Waals surface area contributed by atoms with Gasteiger partial charge in [-0.15, -0.1) is 12.4 Å². The van der Waals surface area contributed by atoms with Crippen LogP contribution in [0.1, 0.15) is 0 Å². The minimum Gasteiger partial charge on any atom is -0.282 e. The minimum atomic E-state index is -4.27. The zero-order chi connectivity index (χ0) is 11.9. The van der Waals surface area contributed by atoms with Crippen LogP contribution in [0.5, 0.6) is 0 Å². The van der Waals surface area contributed by atoms with E-state index in [1.165, 1.54) is 18.2 Å². The van der Waals surface area contributed by atoms with Gasteiger partial charge in [-0.05, 0) is 29.8 Å².